The SMILES string of the molecule is Cc1cc(OCCc2ccc(-c3cccc(C(F)(F)F)c3)nc2C)ccc1OC(C)(C)C(=O)O. The third-order valence-corrected chi connectivity index (χ3v) is 5.35. The molecule has 1 N–H and O–H groups in total. The largest absolute Gasteiger partial charge is 0.493 e. The fourth-order valence-corrected chi connectivity index (χ4v) is 3.29. The van der Waals surface area contributed by atoms with Gasteiger partial charge in [0.1, 0.15) is 11.5 Å². The predicted octanol–water partition coefficient (Wildman–Crippen LogP) is 6.25. The van der Waals surface area contributed by atoms with E-state index in [0.717, 1.165) is 23.3 Å². The van der Waals surface area contributed by atoms with Crippen LogP contribution < -0.4 is 9.47 Å². The average Bonchev–Trinajstić information content (AvgIpc) is 2.76. The van der Waals surface area contributed by atoms with Gasteiger partial charge in [-0.1, -0.05) is 18.2 Å². The van der Waals surface area contributed by atoms with E-state index in [1.165, 1.54) is 19.9 Å². The fraction of sp³-hybridized carbons (Fsp3) is 0.308. The molecule has 0 saturated carbocycles. The summed E-state index contributed by atoms with van der Waals surface area (Å²) in [6.45, 7) is 6.95. The first-order chi connectivity index (χ1) is 15.9. The van der Waals surface area contributed by atoms with Crippen LogP contribution in [0.2, 0.25) is 0 Å². The van der Waals surface area contributed by atoms with Crippen LogP contribution in [0.15, 0.2) is 54.6 Å². The van der Waals surface area contributed by atoms with Crippen molar-refractivity contribution in [2.75, 3.05) is 6.61 Å². The van der Waals surface area contributed by atoms with Crippen molar-refractivity contribution in [1.82, 2.24) is 4.98 Å². The second-order valence-corrected chi connectivity index (χ2v) is 8.46. The minimum Gasteiger partial charge on any atom is -0.493 e. The molecule has 0 atom stereocenters. The van der Waals surface area contributed by atoms with E-state index >= 15 is 0 Å². The molecule has 8 heteroatoms. The van der Waals surface area contributed by atoms with Gasteiger partial charge >= 0.3 is 12.1 Å². The van der Waals surface area contributed by atoms with E-state index < -0.39 is 23.3 Å². The molecule has 1 aromatic heterocycles. The second-order valence-electron chi connectivity index (χ2n) is 8.46. The number of benzene rings is 2. The Morgan fingerprint density at radius 3 is 2.38 bits per heavy atom. The monoisotopic (exact) mass is 473 g/mol. The van der Waals surface area contributed by atoms with E-state index in [-0.39, 0.29) is 0 Å². The van der Waals surface area contributed by atoms with Gasteiger partial charge < -0.3 is 14.6 Å². The van der Waals surface area contributed by atoms with Gasteiger partial charge in [0.05, 0.1) is 17.9 Å². The normalized spacial score (nSPS) is 11.9. The Labute approximate surface area is 196 Å². The highest BCUT2D eigenvalue weighted by Crippen LogP contribution is 2.32. The summed E-state index contributed by atoms with van der Waals surface area (Å²) in [6, 6.07) is 13.8. The number of hydrogen-bond donors (Lipinski definition) is 1. The van der Waals surface area contributed by atoms with Crippen LogP contribution in [0.3, 0.4) is 0 Å². The molecule has 0 aliphatic heterocycles. The van der Waals surface area contributed by atoms with Crippen LogP contribution in [-0.4, -0.2) is 28.3 Å². The van der Waals surface area contributed by atoms with Crippen molar-refractivity contribution in [1.29, 1.82) is 0 Å². The van der Waals surface area contributed by atoms with Crippen LogP contribution >= 0.6 is 0 Å². The van der Waals surface area contributed by atoms with Crippen LogP contribution in [0, 0.1) is 13.8 Å². The van der Waals surface area contributed by atoms with Gasteiger partial charge in [-0.2, -0.15) is 13.2 Å². The first-order valence-corrected chi connectivity index (χ1v) is 10.7. The van der Waals surface area contributed by atoms with Crippen LogP contribution in [0.5, 0.6) is 11.5 Å². The Hall–Kier alpha value is -3.55. The molecule has 0 unspecified atom stereocenters. The van der Waals surface area contributed by atoms with Gasteiger partial charge in [0.15, 0.2) is 5.60 Å². The molecule has 3 aromatic rings. The number of ether oxygens (including phenoxy) is 2. The minimum absolute atomic E-state index is 0.367. The predicted molar refractivity (Wildman–Crippen MR) is 122 cm³/mol. The number of pyridine rings is 1. The first kappa shape index (κ1) is 25.1. The van der Waals surface area contributed by atoms with Crippen molar-refractivity contribution >= 4 is 5.97 Å². The Kier molecular flexibility index (Phi) is 7.19. The van der Waals surface area contributed by atoms with E-state index in [1.807, 2.05) is 13.0 Å². The highest BCUT2D eigenvalue weighted by atomic mass is 19.4. The number of alkyl halides is 3. The highest BCUT2D eigenvalue weighted by Gasteiger charge is 2.31. The maximum atomic E-state index is 13.0. The number of rotatable bonds is 8. The van der Waals surface area contributed by atoms with E-state index in [2.05, 4.69) is 4.98 Å². The van der Waals surface area contributed by atoms with Crippen LogP contribution in [0.4, 0.5) is 13.2 Å². The van der Waals surface area contributed by atoms with E-state index in [0.29, 0.717) is 41.5 Å². The zero-order chi connectivity index (χ0) is 25.1. The third-order valence-electron chi connectivity index (χ3n) is 5.35. The quantitative estimate of drug-likeness (QED) is 0.419. The van der Waals surface area contributed by atoms with Gasteiger partial charge in [-0.05, 0) is 75.2 Å². The number of carbonyl (C=O) groups is 1. The van der Waals surface area contributed by atoms with Crippen molar-refractivity contribution in [3.8, 4) is 22.8 Å². The van der Waals surface area contributed by atoms with E-state index in [4.69, 9.17) is 9.47 Å². The molecular weight excluding hydrogens is 447 g/mol. The lowest BCUT2D eigenvalue weighted by Crippen LogP contribution is -2.38. The molecule has 34 heavy (non-hydrogen) atoms. The molecule has 0 spiro atoms. The lowest BCUT2D eigenvalue weighted by molar-refractivity contribution is -0.152. The van der Waals surface area contributed by atoms with Crippen LogP contribution in [0.1, 0.15) is 36.2 Å². The summed E-state index contributed by atoms with van der Waals surface area (Å²) in [5.74, 6) is 0.0180. The molecule has 180 valence electrons. The first-order valence-electron chi connectivity index (χ1n) is 10.7. The summed E-state index contributed by atoms with van der Waals surface area (Å²) in [4.78, 5) is 15.7. The number of halogens is 3. The van der Waals surface area contributed by atoms with Crippen molar-refractivity contribution in [2.45, 2.75) is 45.9 Å². The topological polar surface area (TPSA) is 68.7 Å². The lowest BCUT2D eigenvalue weighted by atomic mass is 10.0. The minimum atomic E-state index is -4.41. The zero-order valence-electron chi connectivity index (χ0n) is 19.4. The van der Waals surface area contributed by atoms with Gasteiger partial charge in [0.25, 0.3) is 0 Å². The van der Waals surface area contributed by atoms with Gasteiger partial charge in [-0.25, -0.2) is 4.79 Å². The standard InChI is InChI=1S/C26H26F3NO4/c1-16-14-21(9-11-23(16)34-25(3,4)24(31)32)33-13-12-18-8-10-22(30-17(18)2)19-6-5-7-20(15-19)26(27,28)29/h5-11,14-15H,12-13H2,1-4H3,(H,31,32). The van der Waals surface area contributed by atoms with Crippen LogP contribution in [-0.2, 0) is 17.4 Å². The molecular formula is C26H26F3NO4. The summed E-state index contributed by atoms with van der Waals surface area (Å²) in [6.07, 6.45) is -3.84. The molecule has 2 aromatic carbocycles. The van der Waals surface area contributed by atoms with Crippen molar-refractivity contribution in [3.63, 3.8) is 0 Å². The van der Waals surface area contributed by atoms with Crippen molar-refractivity contribution in [2.24, 2.45) is 0 Å². The summed E-state index contributed by atoms with van der Waals surface area (Å²) in [5.41, 5.74) is 1.21. The Bertz CT molecular complexity index is 1190. The second kappa shape index (κ2) is 9.75. The highest BCUT2D eigenvalue weighted by molar-refractivity contribution is 5.76. The molecule has 5 nitrogen and oxygen atoms in total. The van der Waals surface area contributed by atoms with Gasteiger partial charge in [0, 0.05) is 17.7 Å². The van der Waals surface area contributed by atoms with Gasteiger partial charge in [0.2, 0.25) is 0 Å². The Balaban J connectivity index is 1.64. The van der Waals surface area contributed by atoms with E-state index in [1.54, 1.807) is 37.3 Å². The number of aromatic nitrogens is 1. The summed E-state index contributed by atoms with van der Waals surface area (Å²) >= 11 is 0. The smallest absolute Gasteiger partial charge is 0.416 e. The van der Waals surface area contributed by atoms with Gasteiger partial charge in [-0.15, -0.1) is 0 Å². The number of nitrogens with zero attached hydrogens (tertiary/aromatic N) is 1. The molecule has 0 radical (unpaired) electrons. The molecule has 3 rings (SSSR count). The number of hydrogen-bond acceptors (Lipinski definition) is 4. The number of aryl methyl sites for hydroxylation is 2. The fourth-order valence-electron chi connectivity index (χ4n) is 3.29. The molecule has 0 aliphatic rings. The number of aliphatic carboxylic acids is 1. The molecule has 1 heterocycles. The van der Waals surface area contributed by atoms with E-state index in [9.17, 15) is 23.1 Å². The summed E-state index contributed by atoms with van der Waals surface area (Å²) < 4.78 is 50.4. The molecule has 0 fully saturated rings. The Morgan fingerprint density at radius 1 is 1.03 bits per heavy atom. The maximum Gasteiger partial charge on any atom is 0.416 e. The zero-order valence-corrected chi connectivity index (χ0v) is 19.4. The average molecular weight is 473 g/mol. The number of carboxylic acid groups (broad SMARTS) is 1. The Morgan fingerprint density at radius 2 is 1.76 bits per heavy atom. The molecule has 0 bridgehead atoms. The third kappa shape index (κ3) is 6.07. The van der Waals surface area contributed by atoms with Crippen LogP contribution in [0.25, 0.3) is 11.3 Å². The molecule has 0 aliphatic carbocycles. The number of carboxylic acids is 1. The summed E-state index contributed by atoms with van der Waals surface area (Å²) in [5, 5.41) is 9.22. The molecule has 0 amide bonds. The van der Waals surface area contributed by atoms with Crippen molar-refractivity contribution < 1.29 is 32.5 Å². The maximum absolute atomic E-state index is 13.0. The van der Waals surface area contributed by atoms with Gasteiger partial charge in [-0.3, -0.25) is 4.98 Å². The molecule has 0 saturated heterocycles. The van der Waals surface area contributed by atoms with Crippen molar-refractivity contribution in [3.05, 3.63) is 77.0 Å². The summed E-state index contributed by atoms with van der Waals surface area (Å²) in [7, 11) is 0. The lowest BCUT2D eigenvalue weighted by Gasteiger charge is -2.23.